The van der Waals surface area contributed by atoms with Crippen LogP contribution in [0, 0.1) is 0 Å². The van der Waals surface area contributed by atoms with Crippen LogP contribution >= 0.6 is 11.3 Å². The van der Waals surface area contributed by atoms with Gasteiger partial charge in [-0.25, -0.2) is 0 Å². The van der Waals surface area contributed by atoms with Gasteiger partial charge in [-0.2, -0.15) is 4.98 Å². The van der Waals surface area contributed by atoms with Gasteiger partial charge in [0, 0.05) is 31.7 Å². The highest BCUT2D eigenvalue weighted by Crippen LogP contribution is 2.33. The molecule has 1 aromatic carbocycles. The van der Waals surface area contributed by atoms with Crippen molar-refractivity contribution in [1.29, 1.82) is 0 Å². The Hall–Kier alpha value is -2.91. The average Bonchev–Trinajstić information content (AvgIpc) is 3.48. The van der Waals surface area contributed by atoms with Gasteiger partial charge in [0.2, 0.25) is 18.5 Å². The van der Waals surface area contributed by atoms with Crippen molar-refractivity contribution in [3.63, 3.8) is 0 Å². The number of hydrogen-bond acceptors (Lipinski definition) is 8. The summed E-state index contributed by atoms with van der Waals surface area (Å²) in [5.74, 6) is 2.54. The third kappa shape index (κ3) is 3.34. The third-order valence-electron chi connectivity index (χ3n) is 4.85. The van der Waals surface area contributed by atoms with E-state index in [1.54, 1.807) is 29.5 Å². The van der Waals surface area contributed by atoms with Crippen LogP contribution in [0.4, 0.5) is 0 Å². The molecule has 8 nitrogen and oxygen atoms in total. The predicted octanol–water partition coefficient (Wildman–Crippen LogP) is 2.48. The normalized spacial score (nSPS) is 16.5. The maximum atomic E-state index is 12.8. The molecule has 144 valence electrons. The van der Waals surface area contributed by atoms with Gasteiger partial charge in [-0.15, -0.1) is 11.3 Å². The largest absolute Gasteiger partial charge is 0.454 e. The van der Waals surface area contributed by atoms with Crippen molar-refractivity contribution in [2.24, 2.45) is 0 Å². The number of carbonyl (C=O) groups is 1. The lowest BCUT2D eigenvalue weighted by molar-refractivity contribution is 0.0614. The maximum absolute atomic E-state index is 12.8. The van der Waals surface area contributed by atoms with Gasteiger partial charge in [-0.3, -0.25) is 9.69 Å². The number of aromatic nitrogens is 2. The Bertz CT molecular complexity index is 980. The summed E-state index contributed by atoms with van der Waals surface area (Å²) in [6.45, 7) is 3.61. The van der Waals surface area contributed by atoms with E-state index >= 15 is 0 Å². The summed E-state index contributed by atoms with van der Waals surface area (Å²) >= 11 is 1.58. The summed E-state index contributed by atoms with van der Waals surface area (Å²) in [6.07, 6.45) is 0. The number of amides is 1. The second kappa shape index (κ2) is 7.25. The SMILES string of the molecule is O=C(c1ccc2c(c1)OCO2)N1CCN(Cc2nc(-c3cccs3)no2)CC1. The van der Waals surface area contributed by atoms with Gasteiger partial charge in [0.1, 0.15) is 0 Å². The highest BCUT2D eigenvalue weighted by atomic mass is 32.1. The first-order valence-electron chi connectivity index (χ1n) is 9.04. The summed E-state index contributed by atoms with van der Waals surface area (Å²) in [5, 5.41) is 6.03. The van der Waals surface area contributed by atoms with Gasteiger partial charge in [-0.1, -0.05) is 11.2 Å². The molecule has 0 saturated carbocycles. The monoisotopic (exact) mass is 398 g/mol. The maximum Gasteiger partial charge on any atom is 0.254 e. The molecule has 1 fully saturated rings. The van der Waals surface area contributed by atoms with Crippen molar-refractivity contribution < 1.29 is 18.8 Å². The molecule has 2 aliphatic rings. The minimum atomic E-state index is 0.00993. The Labute approximate surface area is 165 Å². The second-order valence-corrected chi connectivity index (χ2v) is 7.57. The third-order valence-corrected chi connectivity index (χ3v) is 5.71. The van der Waals surface area contributed by atoms with Gasteiger partial charge < -0.3 is 18.9 Å². The van der Waals surface area contributed by atoms with Gasteiger partial charge in [0.15, 0.2) is 11.5 Å². The highest BCUT2D eigenvalue weighted by molar-refractivity contribution is 7.13. The van der Waals surface area contributed by atoms with Crippen LogP contribution in [0.15, 0.2) is 40.2 Å². The van der Waals surface area contributed by atoms with E-state index < -0.39 is 0 Å². The fourth-order valence-corrected chi connectivity index (χ4v) is 3.99. The molecule has 3 aromatic rings. The quantitative estimate of drug-likeness (QED) is 0.668. The highest BCUT2D eigenvalue weighted by Gasteiger charge is 2.25. The van der Waals surface area contributed by atoms with Crippen molar-refractivity contribution in [2.45, 2.75) is 6.54 Å². The topological polar surface area (TPSA) is 80.9 Å². The molecular weight excluding hydrogens is 380 g/mol. The summed E-state index contributed by atoms with van der Waals surface area (Å²) in [6, 6.07) is 9.26. The van der Waals surface area contributed by atoms with Crippen LogP contribution in [0.3, 0.4) is 0 Å². The summed E-state index contributed by atoms with van der Waals surface area (Å²) < 4.78 is 16.0. The molecular formula is C19H18N4O4S. The fraction of sp³-hybridized carbons (Fsp3) is 0.316. The number of ether oxygens (including phenoxy) is 2. The zero-order valence-corrected chi connectivity index (χ0v) is 15.9. The zero-order valence-electron chi connectivity index (χ0n) is 15.0. The van der Waals surface area contributed by atoms with E-state index in [9.17, 15) is 4.79 Å². The number of fused-ring (bicyclic) bond motifs is 1. The number of rotatable bonds is 4. The molecule has 28 heavy (non-hydrogen) atoms. The number of hydrogen-bond donors (Lipinski definition) is 0. The Morgan fingerprint density at radius 1 is 1.11 bits per heavy atom. The zero-order chi connectivity index (χ0) is 18.9. The van der Waals surface area contributed by atoms with Crippen molar-refractivity contribution in [2.75, 3.05) is 33.0 Å². The Kier molecular flexibility index (Phi) is 4.46. The van der Waals surface area contributed by atoms with E-state index in [4.69, 9.17) is 14.0 Å². The minimum Gasteiger partial charge on any atom is -0.454 e. The minimum absolute atomic E-state index is 0.00993. The van der Waals surface area contributed by atoms with Crippen molar-refractivity contribution in [3.05, 3.63) is 47.2 Å². The first kappa shape index (κ1) is 17.2. The van der Waals surface area contributed by atoms with Gasteiger partial charge in [-0.05, 0) is 29.6 Å². The summed E-state index contributed by atoms with van der Waals surface area (Å²) in [4.78, 5) is 22.3. The van der Waals surface area contributed by atoms with E-state index in [1.165, 1.54) is 0 Å². The first-order valence-corrected chi connectivity index (χ1v) is 9.92. The molecule has 0 spiro atoms. The van der Waals surface area contributed by atoms with Crippen molar-refractivity contribution in [1.82, 2.24) is 19.9 Å². The molecule has 2 aliphatic heterocycles. The molecule has 0 N–H and O–H groups in total. The molecule has 0 bridgehead atoms. The number of piperazine rings is 1. The first-order chi connectivity index (χ1) is 13.8. The molecule has 0 atom stereocenters. The van der Waals surface area contributed by atoms with Crippen LogP contribution in [0.2, 0.25) is 0 Å². The number of benzene rings is 1. The molecule has 0 radical (unpaired) electrons. The lowest BCUT2D eigenvalue weighted by Gasteiger charge is -2.34. The van der Waals surface area contributed by atoms with Crippen LogP contribution in [-0.4, -0.2) is 58.8 Å². The summed E-state index contributed by atoms with van der Waals surface area (Å²) in [5.41, 5.74) is 0.621. The molecule has 5 rings (SSSR count). The van der Waals surface area contributed by atoms with Crippen LogP contribution in [0.1, 0.15) is 16.2 Å². The molecule has 4 heterocycles. The van der Waals surface area contributed by atoms with Crippen LogP contribution in [-0.2, 0) is 6.54 Å². The lowest BCUT2D eigenvalue weighted by atomic mass is 10.1. The second-order valence-electron chi connectivity index (χ2n) is 6.63. The molecule has 9 heteroatoms. The van der Waals surface area contributed by atoms with Crippen molar-refractivity contribution >= 4 is 17.2 Å². The number of thiophene rings is 1. The van der Waals surface area contributed by atoms with E-state index in [0.29, 0.717) is 48.4 Å². The molecule has 0 unspecified atom stereocenters. The van der Waals surface area contributed by atoms with Crippen molar-refractivity contribution in [3.8, 4) is 22.2 Å². The fourth-order valence-electron chi connectivity index (χ4n) is 3.34. The van der Waals surface area contributed by atoms with Gasteiger partial charge >= 0.3 is 0 Å². The Morgan fingerprint density at radius 3 is 2.79 bits per heavy atom. The summed E-state index contributed by atoms with van der Waals surface area (Å²) in [7, 11) is 0. The van der Waals surface area contributed by atoms with E-state index in [-0.39, 0.29) is 12.7 Å². The predicted molar refractivity (Wildman–Crippen MR) is 101 cm³/mol. The molecule has 2 aromatic heterocycles. The standard InChI is InChI=1S/C19H18N4O4S/c24-19(13-3-4-14-15(10-13)26-12-25-14)23-7-5-22(6-8-23)11-17-20-18(21-27-17)16-2-1-9-28-16/h1-4,9-10H,5-8,11-12H2. The Morgan fingerprint density at radius 2 is 1.96 bits per heavy atom. The lowest BCUT2D eigenvalue weighted by Crippen LogP contribution is -2.48. The van der Waals surface area contributed by atoms with Gasteiger partial charge in [0.25, 0.3) is 5.91 Å². The van der Waals surface area contributed by atoms with Crippen LogP contribution in [0.25, 0.3) is 10.7 Å². The van der Waals surface area contributed by atoms with Gasteiger partial charge in [0.05, 0.1) is 11.4 Å². The average molecular weight is 398 g/mol. The van der Waals surface area contributed by atoms with E-state index in [2.05, 4.69) is 15.0 Å². The van der Waals surface area contributed by atoms with E-state index in [1.807, 2.05) is 22.4 Å². The smallest absolute Gasteiger partial charge is 0.254 e. The number of nitrogens with zero attached hydrogens (tertiary/aromatic N) is 4. The van der Waals surface area contributed by atoms with E-state index in [0.717, 1.165) is 18.0 Å². The van der Waals surface area contributed by atoms with Crippen LogP contribution in [0.5, 0.6) is 11.5 Å². The molecule has 1 amide bonds. The number of carbonyl (C=O) groups excluding carboxylic acids is 1. The van der Waals surface area contributed by atoms with Crippen LogP contribution < -0.4 is 9.47 Å². The molecule has 0 aliphatic carbocycles. The Balaban J connectivity index is 1.18. The molecule has 1 saturated heterocycles.